The summed E-state index contributed by atoms with van der Waals surface area (Å²) in [6.45, 7) is 3.67. The van der Waals surface area contributed by atoms with Crippen molar-refractivity contribution in [2.75, 3.05) is 0 Å². The molecule has 3 N–H and O–H groups in total. The van der Waals surface area contributed by atoms with Crippen molar-refractivity contribution >= 4 is 11.6 Å². The summed E-state index contributed by atoms with van der Waals surface area (Å²) in [6, 6.07) is 7.08. The third-order valence-electron chi connectivity index (χ3n) is 3.47. The SMILES string of the molecule is Cc1cc(C)c(C(Cc2ccc(F)cc2Cl)NN)c(F)c1. The number of hydrogen-bond donors (Lipinski definition) is 2. The fourth-order valence-corrected chi connectivity index (χ4v) is 2.76. The molecular weight excluding hydrogens is 294 g/mol. The summed E-state index contributed by atoms with van der Waals surface area (Å²) in [6.07, 6.45) is 0.371. The number of nitrogens with one attached hydrogen (secondary N) is 1. The number of hydrogen-bond acceptors (Lipinski definition) is 2. The lowest BCUT2D eigenvalue weighted by atomic mass is 9.94. The molecule has 0 saturated heterocycles. The Balaban J connectivity index is 2.37. The van der Waals surface area contributed by atoms with Gasteiger partial charge in [-0.3, -0.25) is 11.3 Å². The fraction of sp³-hybridized carbons (Fsp3) is 0.250. The molecule has 2 rings (SSSR count). The third-order valence-corrected chi connectivity index (χ3v) is 3.82. The van der Waals surface area contributed by atoms with Gasteiger partial charge in [-0.2, -0.15) is 0 Å². The lowest BCUT2D eigenvalue weighted by molar-refractivity contribution is 0.507. The average Bonchev–Trinajstić information content (AvgIpc) is 2.39. The van der Waals surface area contributed by atoms with E-state index in [-0.39, 0.29) is 5.82 Å². The summed E-state index contributed by atoms with van der Waals surface area (Å²) in [5.41, 5.74) is 5.49. The Morgan fingerprint density at radius 1 is 1.19 bits per heavy atom. The molecule has 0 heterocycles. The van der Waals surface area contributed by atoms with Gasteiger partial charge in [-0.15, -0.1) is 0 Å². The number of halogens is 3. The van der Waals surface area contributed by atoms with Crippen LogP contribution in [0.1, 0.15) is 28.3 Å². The van der Waals surface area contributed by atoms with Crippen LogP contribution in [0, 0.1) is 25.5 Å². The van der Waals surface area contributed by atoms with E-state index in [1.807, 2.05) is 19.9 Å². The molecule has 2 aromatic carbocycles. The van der Waals surface area contributed by atoms with Gasteiger partial charge < -0.3 is 0 Å². The minimum absolute atomic E-state index is 0.306. The molecule has 1 unspecified atom stereocenters. The maximum absolute atomic E-state index is 14.2. The molecular formula is C16H17ClF2N2. The van der Waals surface area contributed by atoms with E-state index in [0.717, 1.165) is 11.1 Å². The molecule has 0 amide bonds. The zero-order chi connectivity index (χ0) is 15.6. The summed E-state index contributed by atoms with van der Waals surface area (Å²) < 4.78 is 27.3. The highest BCUT2D eigenvalue weighted by atomic mass is 35.5. The molecule has 0 aliphatic carbocycles. The van der Waals surface area contributed by atoms with Gasteiger partial charge in [-0.05, 0) is 55.2 Å². The van der Waals surface area contributed by atoms with E-state index in [4.69, 9.17) is 17.4 Å². The monoisotopic (exact) mass is 310 g/mol. The van der Waals surface area contributed by atoms with Crippen LogP contribution in [0.15, 0.2) is 30.3 Å². The molecule has 2 aromatic rings. The van der Waals surface area contributed by atoms with Crippen LogP contribution in [0.2, 0.25) is 5.02 Å². The molecule has 0 spiro atoms. The van der Waals surface area contributed by atoms with E-state index in [2.05, 4.69) is 5.43 Å². The summed E-state index contributed by atoms with van der Waals surface area (Å²) in [4.78, 5) is 0. The van der Waals surface area contributed by atoms with Gasteiger partial charge in [-0.25, -0.2) is 8.78 Å². The van der Waals surface area contributed by atoms with Crippen molar-refractivity contribution in [2.45, 2.75) is 26.3 Å². The molecule has 112 valence electrons. The van der Waals surface area contributed by atoms with Crippen LogP contribution in [0.25, 0.3) is 0 Å². The van der Waals surface area contributed by atoms with Crippen LogP contribution in [-0.2, 0) is 6.42 Å². The molecule has 21 heavy (non-hydrogen) atoms. The first-order valence-electron chi connectivity index (χ1n) is 6.59. The number of nitrogens with two attached hydrogens (primary N) is 1. The number of aryl methyl sites for hydroxylation is 2. The summed E-state index contributed by atoms with van der Waals surface area (Å²) >= 11 is 6.02. The van der Waals surface area contributed by atoms with Crippen LogP contribution < -0.4 is 11.3 Å². The quantitative estimate of drug-likeness (QED) is 0.662. The number of rotatable bonds is 4. The first kappa shape index (κ1) is 15.9. The Labute approximate surface area is 127 Å². The molecule has 0 fully saturated rings. The second-order valence-electron chi connectivity index (χ2n) is 5.14. The predicted octanol–water partition coefficient (Wildman–Crippen LogP) is 3.98. The maximum atomic E-state index is 14.2. The molecule has 0 aromatic heterocycles. The van der Waals surface area contributed by atoms with E-state index < -0.39 is 11.9 Å². The second-order valence-corrected chi connectivity index (χ2v) is 5.54. The molecule has 1 atom stereocenters. The topological polar surface area (TPSA) is 38.0 Å². The predicted molar refractivity (Wildman–Crippen MR) is 81.1 cm³/mol. The lowest BCUT2D eigenvalue weighted by Gasteiger charge is -2.20. The van der Waals surface area contributed by atoms with E-state index in [1.54, 1.807) is 6.07 Å². The van der Waals surface area contributed by atoms with Gasteiger partial charge in [0.15, 0.2) is 0 Å². The molecule has 5 heteroatoms. The van der Waals surface area contributed by atoms with Gasteiger partial charge in [0.05, 0.1) is 6.04 Å². The Morgan fingerprint density at radius 3 is 2.48 bits per heavy atom. The van der Waals surface area contributed by atoms with Crippen molar-refractivity contribution in [3.8, 4) is 0 Å². The highest BCUT2D eigenvalue weighted by molar-refractivity contribution is 6.31. The first-order valence-corrected chi connectivity index (χ1v) is 6.97. The summed E-state index contributed by atoms with van der Waals surface area (Å²) in [5, 5.41) is 0.306. The third kappa shape index (κ3) is 3.59. The average molecular weight is 311 g/mol. The first-order chi connectivity index (χ1) is 9.92. The normalized spacial score (nSPS) is 12.5. The van der Waals surface area contributed by atoms with Crippen molar-refractivity contribution in [3.05, 3.63) is 69.2 Å². The summed E-state index contributed by atoms with van der Waals surface area (Å²) in [5.74, 6) is 4.86. The standard InChI is InChI=1S/C16H17ClF2N2/c1-9-5-10(2)16(14(19)6-9)15(21-20)7-11-3-4-12(18)8-13(11)17/h3-6,8,15,21H,7,20H2,1-2H3. The van der Waals surface area contributed by atoms with Gasteiger partial charge in [0.25, 0.3) is 0 Å². The van der Waals surface area contributed by atoms with E-state index in [0.29, 0.717) is 22.6 Å². The van der Waals surface area contributed by atoms with Gasteiger partial charge in [0.2, 0.25) is 0 Å². The number of benzene rings is 2. The van der Waals surface area contributed by atoms with Crippen molar-refractivity contribution in [1.29, 1.82) is 0 Å². The van der Waals surface area contributed by atoms with E-state index >= 15 is 0 Å². The van der Waals surface area contributed by atoms with Crippen LogP contribution >= 0.6 is 11.6 Å². The Hall–Kier alpha value is -1.49. The van der Waals surface area contributed by atoms with Crippen LogP contribution in [0.3, 0.4) is 0 Å². The largest absolute Gasteiger partial charge is 0.271 e. The Kier molecular flexibility index (Phi) is 4.93. The zero-order valence-electron chi connectivity index (χ0n) is 11.9. The van der Waals surface area contributed by atoms with Gasteiger partial charge >= 0.3 is 0 Å². The van der Waals surface area contributed by atoms with E-state index in [1.165, 1.54) is 18.2 Å². The molecule has 0 saturated carbocycles. The Bertz CT molecular complexity index is 636. The van der Waals surface area contributed by atoms with E-state index in [9.17, 15) is 8.78 Å². The van der Waals surface area contributed by atoms with Crippen molar-refractivity contribution in [1.82, 2.24) is 5.43 Å². The van der Waals surface area contributed by atoms with Gasteiger partial charge in [0.1, 0.15) is 11.6 Å². The molecule has 0 aliphatic rings. The lowest BCUT2D eigenvalue weighted by Crippen LogP contribution is -2.31. The summed E-state index contributed by atoms with van der Waals surface area (Å²) in [7, 11) is 0. The smallest absolute Gasteiger partial charge is 0.128 e. The fourth-order valence-electron chi connectivity index (χ4n) is 2.52. The van der Waals surface area contributed by atoms with Crippen molar-refractivity contribution in [3.63, 3.8) is 0 Å². The van der Waals surface area contributed by atoms with Crippen LogP contribution in [0.5, 0.6) is 0 Å². The molecule has 2 nitrogen and oxygen atoms in total. The van der Waals surface area contributed by atoms with Crippen LogP contribution in [0.4, 0.5) is 8.78 Å². The highest BCUT2D eigenvalue weighted by Gasteiger charge is 2.19. The number of hydrazine groups is 1. The minimum atomic E-state index is -0.437. The zero-order valence-corrected chi connectivity index (χ0v) is 12.6. The molecule has 0 bridgehead atoms. The molecule has 0 aliphatic heterocycles. The minimum Gasteiger partial charge on any atom is -0.271 e. The van der Waals surface area contributed by atoms with Crippen molar-refractivity contribution < 1.29 is 8.78 Å². The second kappa shape index (κ2) is 6.52. The molecule has 0 radical (unpaired) electrons. The Morgan fingerprint density at radius 2 is 1.90 bits per heavy atom. The van der Waals surface area contributed by atoms with Gasteiger partial charge in [0, 0.05) is 10.6 Å². The highest BCUT2D eigenvalue weighted by Crippen LogP contribution is 2.28. The van der Waals surface area contributed by atoms with Crippen molar-refractivity contribution in [2.24, 2.45) is 5.84 Å². The maximum Gasteiger partial charge on any atom is 0.128 e. The van der Waals surface area contributed by atoms with Crippen LogP contribution in [-0.4, -0.2) is 0 Å². The van der Waals surface area contributed by atoms with Gasteiger partial charge in [-0.1, -0.05) is 23.7 Å².